The predicted octanol–water partition coefficient (Wildman–Crippen LogP) is 3.05. The molecule has 2 nitrogen and oxygen atoms in total. The van der Waals surface area contributed by atoms with Gasteiger partial charge in [0.2, 0.25) is 0 Å². The van der Waals surface area contributed by atoms with Crippen molar-refractivity contribution in [2.24, 2.45) is 0 Å². The van der Waals surface area contributed by atoms with Gasteiger partial charge in [0.15, 0.2) is 11.9 Å². The SMILES string of the molecule is CCC(Oc1cc(C)ccc1C)C(C)=O. The molecule has 15 heavy (non-hydrogen) atoms. The molecule has 1 rings (SSSR count). The first-order valence-corrected chi connectivity index (χ1v) is 5.29. The minimum absolute atomic E-state index is 0.0819. The third-order valence-corrected chi connectivity index (χ3v) is 2.44. The largest absolute Gasteiger partial charge is 0.482 e. The Morgan fingerprint density at radius 1 is 1.40 bits per heavy atom. The van der Waals surface area contributed by atoms with Crippen LogP contribution in [-0.2, 0) is 4.79 Å². The van der Waals surface area contributed by atoms with Crippen molar-refractivity contribution in [3.63, 3.8) is 0 Å². The predicted molar refractivity (Wildman–Crippen MR) is 61.3 cm³/mol. The van der Waals surface area contributed by atoms with Gasteiger partial charge in [0, 0.05) is 0 Å². The normalized spacial score (nSPS) is 12.3. The average Bonchev–Trinajstić information content (AvgIpc) is 2.18. The van der Waals surface area contributed by atoms with E-state index >= 15 is 0 Å². The fourth-order valence-electron chi connectivity index (χ4n) is 1.44. The molecule has 1 aromatic carbocycles. The minimum Gasteiger partial charge on any atom is -0.482 e. The Bertz CT molecular complexity index is 356. The van der Waals surface area contributed by atoms with Gasteiger partial charge in [-0.3, -0.25) is 4.79 Å². The molecule has 0 spiro atoms. The number of carbonyl (C=O) groups is 1. The molecule has 0 amide bonds. The molecular weight excluding hydrogens is 188 g/mol. The van der Waals surface area contributed by atoms with Crippen molar-refractivity contribution in [3.05, 3.63) is 29.3 Å². The molecule has 0 fully saturated rings. The summed E-state index contributed by atoms with van der Waals surface area (Å²) in [4.78, 5) is 11.3. The van der Waals surface area contributed by atoms with Crippen LogP contribution in [0.2, 0.25) is 0 Å². The second kappa shape index (κ2) is 4.96. The van der Waals surface area contributed by atoms with E-state index in [0.717, 1.165) is 16.9 Å². The fraction of sp³-hybridized carbons (Fsp3) is 0.462. The van der Waals surface area contributed by atoms with Crippen LogP contribution in [0, 0.1) is 13.8 Å². The highest BCUT2D eigenvalue weighted by Crippen LogP contribution is 2.21. The monoisotopic (exact) mass is 206 g/mol. The fourth-order valence-corrected chi connectivity index (χ4v) is 1.44. The molecule has 1 aromatic rings. The Balaban J connectivity index is 2.87. The van der Waals surface area contributed by atoms with Crippen LogP contribution in [-0.4, -0.2) is 11.9 Å². The van der Waals surface area contributed by atoms with Gasteiger partial charge in [-0.2, -0.15) is 0 Å². The summed E-state index contributed by atoms with van der Waals surface area (Å²) in [7, 11) is 0. The van der Waals surface area contributed by atoms with E-state index in [1.807, 2.05) is 39.0 Å². The molecule has 0 aliphatic carbocycles. The summed E-state index contributed by atoms with van der Waals surface area (Å²) in [6.07, 6.45) is 0.397. The maximum atomic E-state index is 11.3. The number of ether oxygens (including phenoxy) is 1. The maximum Gasteiger partial charge on any atom is 0.170 e. The summed E-state index contributed by atoms with van der Waals surface area (Å²) in [5.74, 6) is 0.899. The van der Waals surface area contributed by atoms with Crippen LogP contribution in [0.15, 0.2) is 18.2 Å². The van der Waals surface area contributed by atoms with E-state index in [1.165, 1.54) is 0 Å². The molecule has 1 unspecified atom stereocenters. The van der Waals surface area contributed by atoms with Gasteiger partial charge in [-0.1, -0.05) is 19.1 Å². The number of benzene rings is 1. The van der Waals surface area contributed by atoms with Crippen molar-refractivity contribution >= 4 is 5.78 Å². The van der Waals surface area contributed by atoms with Crippen LogP contribution in [0.4, 0.5) is 0 Å². The highest BCUT2D eigenvalue weighted by atomic mass is 16.5. The first-order chi connectivity index (χ1) is 7.04. The average molecular weight is 206 g/mol. The summed E-state index contributed by atoms with van der Waals surface area (Å²) < 4.78 is 5.69. The van der Waals surface area contributed by atoms with Gasteiger partial charge >= 0.3 is 0 Å². The number of aryl methyl sites for hydroxylation is 2. The molecule has 0 saturated heterocycles. The van der Waals surface area contributed by atoms with Crippen LogP contribution in [0.3, 0.4) is 0 Å². The minimum atomic E-state index is -0.314. The van der Waals surface area contributed by atoms with E-state index in [0.29, 0.717) is 6.42 Å². The molecule has 0 saturated carbocycles. The Morgan fingerprint density at radius 2 is 2.07 bits per heavy atom. The summed E-state index contributed by atoms with van der Waals surface area (Å²) in [5.41, 5.74) is 2.22. The molecule has 0 aromatic heterocycles. The van der Waals surface area contributed by atoms with E-state index in [1.54, 1.807) is 6.92 Å². The lowest BCUT2D eigenvalue weighted by molar-refractivity contribution is -0.123. The molecule has 0 bridgehead atoms. The van der Waals surface area contributed by atoms with Crippen molar-refractivity contribution in [2.45, 2.75) is 40.2 Å². The third kappa shape index (κ3) is 3.08. The number of carbonyl (C=O) groups excluding carboxylic acids is 1. The quantitative estimate of drug-likeness (QED) is 0.756. The van der Waals surface area contributed by atoms with Gasteiger partial charge in [-0.15, -0.1) is 0 Å². The zero-order chi connectivity index (χ0) is 11.4. The van der Waals surface area contributed by atoms with Gasteiger partial charge in [0.25, 0.3) is 0 Å². The van der Waals surface area contributed by atoms with E-state index in [2.05, 4.69) is 0 Å². The second-order valence-electron chi connectivity index (χ2n) is 3.89. The molecule has 0 N–H and O–H groups in total. The summed E-state index contributed by atoms with van der Waals surface area (Å²) in [5, 5.41) is 0. The summed E-state index contributed by atoms with van der Waals surface area (Å²) >= 11 is 0. The highest BCUT2D eigenvalue weighted by molar-refractivity contribution is 5.80. The molecule has 0 aliphatic rings. The van der Waals surface area contributed by atoms with Gasteiger partial charge < -0.3 is 4.74 Å². The van der Waals surface area contributed by atoms with E-state index in [9.17, 15) is 4.79 Å². The zero-order valence-electron chi connectivity index (χ0n) is 9.83. The molecule has 0 heterocycles. The lowest BCUT2D eigenvalue weighted by Crippen LogP contribution is -2.24. The van der Waals surface area contributed by atoms with Crippen molar-refractivity contribution in [3.8, 4) is 5.75 Å². The molecule has 2 heteroatoms. The Hall–Kier alpha value is -1.31. The Labute approximate surface area is 91.3 Å². The standard InChI is InChI=1S/C13H18O2/c1-5-12(11(4)14)15-13-8-9(2)6-7-10(13)3/h6-8,12H,5H2,1-4H3. The lowest BCUT2D eigenvalue weighted by atomic mass is 10.1. The van der Waals surface area contributed by atoms with Crippen molar-refractivity contribution in [1.29, 1.82) is 0 Å². The number of Topliss-reactive ketones (excluding diaryl/α,β-unsaturated/α-hetero) is 1. The Morgan fingerprint density at radius 3 is 2.60 bits per heavy atom. The maximum absolute atomic E-state index is 11.3. The molecule has 0 aliphatic heterocycles. The van der Waals surface area contributed by atoms with Gasteiger partial charge in [0.1, 0.15) is 5.75 Å². The number of hydrogen-bond acceptors (Lipinski definition) is 2. The first kappa shape index (κ1) is 11.8. The summed E-state index contributed by atoms with van der Waals surface area (Å²) in [6, 6.07) is 6.02. The molecule has 0 radical (unpaired) electrons. The zero-order valence-corrected chi connectivity index (χ0v) is 9.83. The van der Waals surface area contributed by atoms with Crippen LogP contribution in [0.5, 0.6) is 5.75 Å². The van der Waals surface area contributed by atoms with Gasteiger partial charge in [-0.25, -0.2) is 0 Å². The number of ketones is 1. The smallest absolute Gasteiger partial charge is 0.170 e. The van der Waals surface area contributed by atoms with Crippen molar-refractivity contribution < 1.29 is 9.53 Å². The first-order valence-electron chi connectivity index (χ1n) is 5.29. The van der Waals surface area contributed by atoms with Gasteiger partial charge in [0.05, 0.1) is 0 Å². The molecular formula is C13H18O2. The topological polar surface area (TPSA) is 26.3 Å². The van der Waals surface area contributed by atoms with Gasteiger partial charge in [-0.05, 0) is 44.4 Å². The number of hydrogen-bond donors (Lipinski definition) is 0. The van der Waals surface area contributed by atoms with Crippen LogP contribution < -0.4 is 4.74 Å². The van der Waals surface area contributed by atoms with E-state index in [4.69, 9.17) is 4.74 Å². The second-order valence-corrected chi connectivity index (χ2v) is 3.89. The summed E-state index contributed by atoms with van der Waals surface area (Å²) in [6.45, 7) is 7.53. The van der Waals surface area contributed by atoms with Crippen LogP contribution >= 0.6 is 0 Å². The van der Waals surface area contributed by atoms with Crippen LogP contribution in [0.1, 0.15) is 31.4 Å². The van der Waals surface area contributed by atoms with Crippen molar-refractivity contribution in [1.82, 2.24) is 0 Å². The van der Waals surface area contributed by atoms with Crippen molar-refractivity contribution in [2.75, 3.05) is 0 Å². The van der Waals surface area contributed by atoms with E-state index in [-0.39, 0.29) is 11.9 Å². The van der Waals surface area contributed by atoms with Crippen LogP contribution in [0.25, 0.3) is 0 Å². The third-order valence-electron chi connectivity index (χ3n) is 2.44. The molecule has 1 atom stereocenters. The highest BCUT2D eigenvalue weighted by Gasteiger charge is 2.14. The Kier molecular flexibility index (Phi) is 3.89. The molecule has 82 valence electrons. The lowest BCUT2D eigenvalue weighted by Gasteiger charge is -2.16. The van der Waals surface area contributed by atoms with E-state index < -0.39 is 0 Å². The number of rotatable bonds is 4.